The maximum atomic E-state index is 12.8. The summed E-state index contributed by atoms with van der Waals surface area (Å²) >= 11 is 3.36. The Morgan fingerprint density at radius 2 is 2.10 bits per heavy atom. The number of nitrogens with zero attached hydrogens (tertiary/aromatic N) is 1. The Bertz CT molecular complexity index is 623. The van der Waals surface area contributed by atoms with Crippen molar-refractivity contribution in [2.45, 2.75) is 30.7 Å². The summed E-state index contributed by atoms with van der Waals surface area (Å²) in [4.78, 5) is 0.427. The van der Waals surface area contributed by atoms with Crippen molar-refractivity contribution < 1.29 is 8.42 Å². The van der Waals surface area contributed by atoms with Crippen LogP contribution in [0.1, 0.15) is 18.4 Å². The van der Waals surface area contributed by atoms with Crippen LogP contribution in [0.2, 0.25) is 0 Å². The first-order valence-electron chi connectivity index (χ1n) is 6.98. The Balaban J connectivity index is 0.00000161. The van der Waals surface area contributed by atoms with Crippen LogP contribution in [0.4, 0.5) is 0 Å². The normalized spacial score (nSPS) is 26.2. The van der Waals surface area contributed by atoms with Gasteiger partial charge in [0.2, 0.25) is 10.0 Å². The molecule has 2 fully saturated rings. The lowest BCUT2D eigenvalue weighted by atomic mass is 9.95. The molecule has 118 valence electrons. The zero-order valence-corrected chi connectivity index (χ0v) is 15.1. The number of nitrogens with one attached hydrogen (secondary N) is 1. The largest absolute Gasteiger partial charge is 0.314 e. The minimum absolute atomic E-state index is 0. The van der Waals surface area contributed by atoms with Crippen LogP contribution < -0.4 is 5.32 Å². The summed E-state index contributed by atoms with van der Waals surface area (Å²) < 4.78 is 28.1. The van der Waals surface area contributed by atoms with E-state index in [0.717, 1.165) is 29.4 Å². The molecule has 1 aromatic rings. The molecule has 2 heterocycles. The van der Waals surface area contributed by atoms with Crippen LogP contribution in [-0.4, -0.2) is 38.4 Å². The van der Waals surface area contributed by atoms with Crippen molar-refractivity contribution in [1.82, 2.24) is 9.62 Å². The van der Waals surface area contributed by atoms with Crippen LogP contribution in [0, 0.1) is 12.8 Å². The third kappa shape index (κ3) is 3.29. The van der Waals surface area contributed by atoms with Gasteiger partial charge in [-0.1, -0.05) is 22.0 Å². The summed E-state index contributed by atoms with van der Waals surface area (Å²) in [6, 6.07) is 5.94. The van der Waals surface area contributed by atoms with E-state index in [1.165, 1.54) is 0 Å². The highest BCUT2D eigenvalue weighted by molar-refractivity contribution is 9.10. The molecule has 0 bridgehead atoms. The van der Waals surface area contributed by atoms with Crippen molar-refractivity contribution in [3.8, 4) is 0 Å². The average Bonchev–Trinajstić information content (AvgIpc) is 2.88. The minimum Gasteiger partial charge on any atom is -0.314 e. The summed E-state index contributed by atoms with van der Waals surface area (Å²) in [5.41, 5.74) is 0.805. The molecule has 2 saturated heterocycles. The molecule has 2 atom stereocenters. The lowest BCUT2D eigenvalue weighted by Gasteiger charge is -2.34. The quantitative estimate of drug-likeness (QED) is 0.837. The number of halogens is 2. The molecule has 0 amide bonds. The molecule has 7 heteroatoms. The maximum absolute atomic E-state index is 12.8. The van der Waals surface area contributed by atoms with Crippen LogP contribution in [0.3, 0.4) is 0 Å². The fraction of sp³-hybridized carbons (Fsp3) is 0.571. The Morgan fingerprint density at radius 1 is 1.33 bits per heavy atom. The maximum Gasteiger partial charge on any atom is 0.243 e. The van der Waals surface area contributed by atoms with Gasteiger partial charge in [0.1, 0.15) is 0 Å². The summed E-state index contributed by atoms with van der Waals surface area (Å²) in [6.45, 7) is 4.12. The third-order valence-corrected chi connectivity index (χ3v) is 6.89. The summed E-state index contributed by atoms with van der Waals surface area (Å²) in [5.74, 6) is 0.464. The predicted molar refractivity (Wildman–Crippen MR) is 89.4 cm³/mol. The van der Waals surface area contributed by atoms with Crippen LogP contribution in [0.15, 0.2) is 27.6 Å². The monoisotopic (exact) mass is 394 g/mol. The van der Waals surface area contributed by atoms with E-state index in [-0.39, 0.29) is 12.4 Å². The number of sulfonamides is 1. The number of hydrogen-bond acceptors (Lipinski definition) is 3. The van der Waals surface area contributed by atoms with Crippen molar-refractivity contribution in [2.75, 3.05) is 19.6 Å². The molecule has 2 aliphatic heterocycles. The first kappa shape index (κ1) is 17.2. The van der Waals surface area contributed by atoms with Crippen LogP contribution in [0.5, 0.6) is 0 Å². The van der Waals surface area contributed by atoms with E-state index in [0.29, 0.717) is 29.9 Å². The average molecular weight is 396 g/mol. The number of benzene rings is 1. The second-order valence-corrected chi connectivity index (χ2v) is 8.49. The van der Waals surface area contributed by atoms with E-state index in [4.69, 9.17) is 0 Å². The number of aryl methyl sites for hydroxylation is 1. The Labute approximate surface area is 140 Å². The summed E-state index contributed by atoms with van der Waals surface area (Å²) in [7, 11) is -3.38. The van der Waals surface area contributed by atoms with Gasteiger partial charge in [0, 0.05) is 23.6 Å². The standard InChI is InChI=1S/C14H19BrN2O2S.ClH/c1-10-2-3-12(15)8-14(10)20(18,19)17-7-5-13-11(9-17)4-6-16-13;/h2-3,8,11,13,16H,4-7,9H2,1H3;1H. The number of rotatable bonds is 2. The summed E-state index contributed by atoms with van der Waals surface area (Å²) in [5, 5.41) is 3.46. The minimum atomic E-state index is -3.38. The molecule has 0 saturated carbocycles. The van der Waals surface area contributed by atoms with Crippen LogP contribution in [-0.2, 0) is 10.0 Å². The summed E-state index contributed by atoms with van der Waals surface area (Å²) in [6.07, 6.45) is 1.99. The van der Waals surface area contributed by atoms with Gasteiger partial charge in [0.25, 0.3) is 0 Å². The highest BCUT2D eigenvalue weighted by Gasteiger charge is 2.38. The zero-order valence-electron chi connectivity index (χ0n) is 11.9. The lowest BCUT2D eigenvalue weighted by molar-refractivity contribution is 0.247. The molecule has 0 radical (unpaired) electrons. The first-order valence-corrected chi connectivity index (χ1v) is 9.21. The van der Waals surface area contributed by atoms with E-state index in [9.17, 15) is 8.42 Å². The fourth-order valence-electron chi connectivity index (χ4n) is 3.22. The van der Waals surface area contributed by atoms with E-state index in [2.05, 4.69) is 21.2 Å². The zero-order chi connectivity index (χ0) is 14.3. The molecule has 2 unspecified atom stereocenters. The number of fused-ring (bicyclic) bond motifs is 1. The van der Waals surface area contributed by atoms with E-state index in [1.54, 1.807) is 10.4 Å². The van der Waals surface area contributed by atoms with Gasteiger partial charge in [-0.15, -0.1) is 12.4 Å². The van der Waals surface area contributed by atoms with Gasteiger partial charge in [0.05, 0.1) is 4.90 Å². The highest BCUT2D eigenvalue weighted by atomic mass is 79.9. The third-order valence-electron chi connectivity index (χ3n) is 4.39. The van der Waals surface area contributed by atoms with E-state index < -0.39 is 10.0 Å². The smallest absolute Gasteiger partial charge is 0.243 e. The molecule has 0 aromatic heterocycles. The SMILES string of the molecule is Cc1ccc(Br)cc1S(=O)(=O)N1CCC2NCCC2C1.Cl. The van der Waals surface area contributed by atoms with Crippen molar-refractivity contribution in [3.63, 3.8) is 0 Å². The Morgan fingerprint density at radius 3 is 2.86 bits per heavy atom. The second-order valence-electron chi connectivity index (χ2n) is 5.67. The molecular weight excluding hydrogens is 376 g/mol. The van der Waals surface area contributed by atoms with Gasteiger partial charge in [-0.25, -0.2) is 8.42 Å². The molecule has 0 aliphatic carbocycles. The van der Waals surface area contributed by atoms with Crippen LogP contribution in [0.25, 0.3) is 0 Å². The van der Waals surface area contributed by atoms with Gasteiger partial charge < -0.3 is 5.32 Å². The lowest BCUT2D eigenvalue weighted by Crippen LogP contribution is -2.46. The highest BCUT2D eigenvalue weighted by Crippen LogP contribution is 2.30. The van der Waals surface area contributed by atoms with Gasteiger partial charge in [-0.3, -0.25) is 0 Å². The van der Waals surface area contributed by atoms with Crippen LogP contribution >= 0.6 is 28.3 Å². The van der Waals surface area contributed by atoms with Crippen molar-refractivity contribution >= 4 is 38.4 Å². The number of piperidine rings is 1. The molecule has 0 spiro atoms. The molecule has 2 aliphatic rings. The molecule has 1 N–H and O–H groups in total. The molecule has 3 rings (SSSR count). The van der Waals surface area contributed by atoms with Crippen molar-refractivity contribution in [1.29, 1.82) is 0 Å². The molecule has 4 nitrogen and oxygen atoms in total. The molecule has 1 aromatic carbocycles. The van der Waals surface area contributed by atoms with Crippen molar-refractivity contribution in [2.24, 2.45) is 5.92 Å². The predicted octanol–water partition coefficient (Wildman–Crippen LogP) is 2.55. The fourth-order valence-corrected chi connectivity index (χ4v) is 5.50. The molecular formula is C14H20BrClN2O2S. The second kappa shape index (κ2) is 6.54. The Hall–Kier alpha value is -0.140. The van der Waals surface area contributed by atoms with E-state index in [1.807, 2.05) is 19.1 Å². The Kier molecular flexibility index (Phi) is 5.36. The van der Waals surface area contributed by atoms with Gasteiger partial charge >= 0.3 is 0 Å². The van der Waals surface area contributed by atoms with Gasteiger partial charge in [0.15, 0.2) is 0 Å². The van der Waals surface area contributed by atoms with Crippen molar-refractivity contribution in [3.05, 3.63) is 28.2 Å². The van der Waals surface area contributed by atoms with E-state index >= 15 is 0 Å². The topological polar surface area (TPSA) is 49.4 Å². The molecule has 21 heavy (non-hydrogen) atoms. The first-order chi connectivity index (χ1) is 9.48. The number of hydrogen-bond donors (Lipinski definition) is 1. The van der Waals surface area contributed by atoms with Gasteiger partial charge in [-0.2, -0.15) is 4.31 Å². The van der Waals surface area contributed by atoms with Gasteiger partial charge in [-0.05, 0) is 49.9 Å².